The predicted molar refractivity (Wildman–Crippen MR) is 134 cm³/mol. The summed E-state index contributed by atoms with van der Waals surface area (Å²) in [5, 5.41) is 8.10. The van der Waals surface area contributed by atoms with Crippen molar-refractivity contribution in [1.82, 2.24) is 19.3 Å². The Kier molecular flexibility index (Phi) is 6.84. The monoisotopic (exact) mass is 461 g/mol. The number of para-hydroxylation sites is 1. The molecule has 8 heteroatoms. The Hall–Kier alpha value is -3.52. The molecule has 2 heterocycles. The second-order valence-corrected chi connectivity index (χ2v) is 8.57. The first-order valence-corrected chi connectivity index (χ1v) is 11.5. The van der Waals surface area contributed by atoms with Crippen LogP contribution in [0, 0.1) is 18.6 Å². The van der Waals surface area contributed by atoms with E-state index in [1.54, 1.807) is 10.6 Å². The van der Waals surface area contributed by atoms with Crippen LogP contribution in [0.4, 0.5) is 5.69 Å². The molecule has 33 heavy (non-hydrogen) atoms. The van der Waals surface area contributed by atoms with Gasteiger partial charge in [-0.15, -0.1) is 0 Å². The van der Waals surface area contributed by atoms with Gasteiger partial charge < -0.3 is 10.3 Å². The summed E-state index contributed by atoms with van der Waals surface area (Å²) in [4.78, 5) is 28.2. The number of benzene rings is 2. The Balaban J connectivity index is 1.28. The predicted octanol–water partition coefficient (Wildman–Crippen LogP) is 5.06. The van der Waals surface area contributed by atoms with Crippen LogP contribution in [-0.2, 0) is 11.3 Å². The highest BCUT2D eigenvalue weighted by Gasteiger charge is 2.08. The summed E-state index contributed by atoms with van der Waals surface area (Å²) in [6, 6.07) is 17.1. The smallest absolute Gasteiger partial charge is 0.262 e. The lowest BCUT2D eigenvalue weighted by molar-refractivity contribution is -0.116. The first-order valence-electron chi connectivity index (χ1n) is 11.1. The van der Waals surface area contributed by atoms with Crippen LogP contribution >= 0.6 is 12.2 Å². The molecule has 0 spiro atoms. The Morgan fingerprint density at radius 3 is 2.67 bits per heavy atom. The number of unbranched alkanes of at least 4 members (excludes halogenated alkanes) is 2. The first-order chi connectivity index (χ1) is 15.9. The largest absolute Gasteiger partial charge is 0.332 e. The van der Waals surface area contributed by atoms with Crippen molar-refractivity contribution in [2.75, 3.05) is 5.32 Å². The van der Waals surface area contributed by atoms with E-state index in [0.717, 1.165) is 47.5 Å². The average molecular weight is 462 g/mol. The maximum Gasteiger partial charge on any atom is 0.262 e. The highest BCUT2D eigenvalue weighted by atomic mass is 32.1. The van der Waals surface area contributed by atoms with Crippen LogP contribution in [0.2, 0.25) is 0 Å². The van der Waals surface area contributed by atoms with Gasteiger partial charge in [-0.05, 0) is 75.3 Å². The normalized spacial score (nSPS) is 11.1. The van der Waals surface area contributed by atoms with Crippen molar-refractivity contribution >= 4 is 34.7 Å². The van der Waals surface area contributed by atoms with Gasteiger partial charge in [0.2, 0.25) is 5.91 Å². The van der Waals surface area contributed by atoms with E-state index in [0.29, 0.717) is 23.1 Å². The number of aryl methyl sites for hydroxylation is 2. The van der Waals surface area contributed by atoms with Gasteiger partial charge in [0.15, 0.2) is 4.77 Å². The third-order valence-corrected chi connectivity index (χ3v) is 5.88. The summed E-state index contributed by atoms with van der Waals surface area (Å²) in [5.74, 6) is -0.0271. The minimum absolute atomic E-state index is 0.0271. The molecule has 1 amide bonds. The van der Waals surface area contributed by atoms with Crippen molar-refractivity contribution in [3.05, 3.63) is 81.1 Å². The summed E-state index contributed by atoms with van der Waals surface area (Å²) >= 11 is 5.35. The van der Waals surface area contributed by atoms with Crippen molar-refractivity contribution in [2.24, 2.45) is 0 Å². The number of anilines is 1. The number of fused-ring (bicyclic) bond motifs is 1. The van der Waals surface area contributed by atoms with Gasteiger partial charge in [-0.25, -0.2) is 4.68 Å². The lowest BCUT2D eigenvalue weighted by Crippen LogP contribution is -2.22. The van der Waals surface area contributed by atoms with Gasteiger partial charge in [-0.1, -0.05) is 24.6 Å². The second kappa shape index (κ2) is 9.95. The minimum Gasteiger partial charge on any atom is -0.332 e. The van der Waals surface area contributed by atoms with Crippen LogP contribution in [-0.4, -0.2) is 25.2 Å². The molecule has 0 saturated heterocycles. The van der Waals surface area contributed by atoms with Gasteiger partial charge >= 0.3 is 0 Å². The maximum absolute atomic E-state index is 12.7. The van der Waals surface area contributed by atoms with E-state index in [-0.39, 0.29) is 11.5 Å². The van der Waals surface area contributed by atoms with Crippen molar-refractivity contribution in [2.45, 2.75) is 46.1 Å². The number of nitrogens with one attached hydrogen (secondary N) is 2. The number of rotatable bonds is 8. The SMILES string of the molecule is Cc1cc(C)n(-c2cccc(NC(=O)CCCCCn3c(=S)[nH]c4ccccc4c3=O)c2)n1. The first kappa shape index (κ1) is 22.7. The summed E-state index contributed by atoms with van der Waals surface area (Å²) in [7, 11) is 0. The number of carbonyl (C=O) groups is 1. The van der Waals surface area contributed by atoms with E-state index in [1.807, 2.05) is 67.1 Å². The van der Waals surface area contributed by atoms with E-state index < -0.39 is 0 Å². The van der Waals surface area contributed by atoms with Gasteiger partial charge in [0.1, 0.15) is 0 Å². The van der Waals surface area contributed by atoms with E-state index in [9.17, 15) is 9.59 Å². The fourth-order valence-corrected chi connectivity index (χ4v) is 4.25. The van der Waals surface area contributed by atoms with Gasteiger partial charge in [0.05, 0.1) is 22.3 Å². The average Bonchev–Trinajstić information content (AvgIpc) is 3.13. The van der Waals surface area contributed by atoms with Crippen LogP contribution in [0.15, 0.2) is 59.4 Å². The fourth-order valence-electron chi connectivity index (χ4n) is 3.96. The van der Waals surface area contributed by atoms with Crippen LogP contribution in [0.5, 0.6) is 0 Å². The van der Waals surface area contributed by atoms with Crippen molar-refractivity contribution in [3.8, 4) is 5.69 Å². The molecule has 7 nitrogen and oxygen atoms in total. The highest BCUT2D eigenvalue weighted by molar-refractivity contribution is 7.71. The Morgan fingerprint density at radius 2 is 1.88 bits per heavy atom. The molecule has 0 aliphatic heterocycles. The number of amides is 1. The highest BCUT2D eigenvalue weighted by Crippen LogP contribution is 2.17. The van der Waals surface area contributed by atoms with Gasteiger partial charge in [0.25, 0.3) is 5.56 Å². The molecule has 0 unspecified atom stereocenters. The zero-order valence-electron chi connectivity index (χ0n) is 18.8. The number of nitrogens with zero attached hydrogens (tertiary/aromatic N) is 3. The molecule has 0 bridgehead atoms. The van der Waals surface area contributed by atoms with Crippen LogP contribution < -0.4 is 10.9 Å². The molecule has 0 saturated carbocycles. The quantitative estimate of drug-likeness (QED) is 0.284. The molecule has 0 aliphatic rings. The molecule has 2 aromatic carbocycles. The number of H-pyrrole nitrogens is 1. The van der Waals surface area contributed by atoms with Crippen molar-refractivity contribution in [1.29, 1.82) is 0 Å². The summed E-state index contributed by atoms with van der Waals surface area (Å²) in [6.45, 7) is 4.49. The molecule has 170 valence electrons. The molecule has 4 rings (SSSR count). The number of aromatic amines is 1. The molecule has 2 aromatic heterocycles. The number of aromatic nitrogens is 4. The topological polar surface area (TPSA) is 84.7 Å². The zero-order chi connectivity index (χ0) is 23.4. The fraction of sp³-hybridized carbons (Fsp3) is 0.280. The summed E-state index contributed by atoms with van der Waals surface area (Å²) in [5.41, 5.74) is 4.34. The Labute approximate surface area is 197 Å². The maximum atomic E-state index is 12.7. The zero-order valence-corrected chi connectivity index (χ0v) is 19.6. The van der Waals surface area contributed by atoms with Gasteiger partial charge in [-0.3, -0.25) is 14.2 Å². The summed E-state index contributed by atoms with van der Waals surface area (Å²) < 4.78 is 3.89. The molecule has 2 N–H and O–H groups in total. The lowest BCUT2D eigenvalue weighted by atomic mass is 10.1. The third-order valence-electron chi connectivity index (χ3n) is 5.56. The molecule has 0 radical (unpaired) electrons. The number of hydrogen-bond acceptors (Lipinski definition) is 4. The third kappa shape index (κ3) is 5.28. The molecule has 0 aliphatic carbocycles. The van der Waals surface area contributed by atoms with Crippen LogP contribution in [0.3, 0.4) is 0 Å². The van der Waals surface area contributed by atoms with E-state index >= 15 is 0 Å². The van der Waals surface area contributed by atoms with Crippen LogP contribution in [0.25, 0.3) is 16.6 Å². The van der Waals surface area contributed by atoms with E-state index in [4.69, 9.17) is 12.2 Å². The molecular weight excluding hydrogens is 434 g/mol. The van der Waals surface area contributed by atoms with Crippen molar-refractivity contribution in [3.63, 3.8) is 0 Å². The number of hydrogen-bond donors (Lipinski definition) is 2. The standard InChI is InChI=1S/C25H27N5O2S/c1-17-15-18(2)30(28-17)20-10-8-9-19(16-20)26-23(31)13-4-3-7-14-29-24(32)21-11-5-6-12-22(21)27-25(29)33/h5-6,8-12,15-16H,3-4,7,13-14H2,1-2H3,(H,26,31)(H,27,33). The Bertz CT molecular complexity index is 1420. The van der Waals surface area contributed by atoms with Crippen molar-refractivity contribution < 1.29 is 4.79 Å². The minimum atomic E-state index is -0.0745. The van der Waals surface area contributed by atoms with Gasteiger partial charge in [-0.2, -0.15) is 5.10 Å². The van der Waals surface area contributed by atoms with E-state index in [1.165, 1.54) is 0 Å². The molecule has 0 fully saturated rings. The second-order valence-electron chi connectivity index (χ2n) is 8.18. The molecule has 0 atom stereocenters. The molecular formula is C25H27N5O2S. The van der Waals surface area contributed by atoms with Gasteiger partial charge in [0, 0.05) is 24.3 Å². The van der Waals surface area contributed by atoms with Crippen LogP contribution in [0.1, 0.15) is 37.1 Å². The Morgan fingerprint density at radius 1 is 1.06 bits per heavy atom. The summed E-state index contributed by atoms with van der Waals surface area (Å²) in [6.07, 6.45) is 2.76. The molecule has 4 aromatic rings. The lowest BCUT2D eigenvalue weighted by Gasteiger charge is -2.10. The number of carbonyl (C=O) groups excluding carboxylic acids is 1. The van der Waals surface area contributed by atoms with E-state index in [2.05, 4.69) is 15.4 Å².